The van der Waals surface area contributed by atoms with Crippen molar-refractivity contribution in [2.75, 3.05) is 30.8 Å². The van der Waals surface area contributed by atoms with Crippen LogP contribution in [0.25, 0.3) is 0 Å². The number of aryl methyl sites for hydroxylation is 2. The van der Waals surface area contributed by atoms with Crippen molar-refractivity contribution in [3.05, 3.63) is 40.8 Å². The van der Waals surface area contributed by atoms with Crippen LogP contribution in [0.1, 0.15) is 29.7 Å². The van der Waals surface area contributed by atoms with Crippen molar-refractivity contribution in [1.82, 2.24) is 4.31 Å². The van der Waals surface area contributed by atoms with E-state index in [0.717, 1.165) is 22.5 Å². The van der Waals surface area contributed by atoms with Crippen LogP contribution in [0.5, 0.6) is 0 Å². The normalized spacial score (nSPS) is 20.5. The molecule has 1 saturated heterocycles. The lowest BCUT2D eigenvalue weighted by molar-refractivity contribution is -0.123. The molecule has 3 heterocycles. The van der Waals surface area contributed by atoms with Crippen molar-refractivity contribution < 1.29 is 21.6 Å². The van der Waals surface area contributed by atoms with E-state index in [0.29, 0.717) is 36.6 Å². The predicted molar refractivity (Wildman–Crippen MR) is 121 cm³/mol. The van der Waals surface area contributed by atoms with E-state index < -0.39 is 25.8 Å². The van der Waals surface area contributed by atoms with E-state index in [-0.39, 0.29) is 17.3 Å². The molecule has 0 bridgehead atoms. The van der Waals surface area contributed by atoms with E-state index in [9.17, 15) is 21.6 Å². The van der Waals surface area contributed by atoms with Gasteiger partial charge in [-0.1, -0.05) is 0 Å². The van der Waals surface area contributed by atoms with Gasteiger partial charge in [0.15, 0.2) is 9.84 Å². The first-order valence-electron chi connectivity index (χ1n) is 10.3. The summed E-state index contributed by atoms with van der Waals surface area (Å²) in [4.78, 5) is 16.3. The molecule has 1 aromatic heterocycles. The van der Waals surface area contributed by atoms with Gasteiger partial charge in [-0.15, -0.1) is 11.3 Å². The van der Waals surface area contributed by atoms with Gasteiger partial charge in [0, 0.05) is 36.5 Å². The Labute approximate surface area is 187 Å². The van der Waals surface area contributed by atoms with Gasteiger partial charge in [0.1, 0.15) is 4.21 Å². The molecule has 0 spiro atoms. The van der Waals surface area contributed by atoms with Gasteiger partial charge < -0.3 is 4.90 Å². The minimum atomic E-state index is -3.61. The molecule has 1 atom stereocenters. The number of benzene rings is 1. The number of fused-ring (bicyclic) bond motifs is 1. The fourth-order valence-corrected chi connectivity index (χ4v) is 7.93. The molecule has 2 aliphatic heterocycles. The number of hydrogen-bond acceptors (Lipinski definition) is 6. The molecule has 168 valence electrons. The number of hydrogen-bond donors (Lipinski definition) is 0. The number of nitrogens with zero attached hydrogens (tertiary/aromatic N) is 2. The maximum atomic E-state index is 13.4. The number of carbonyl (C=O) groups excluding carboxylic acids is 1. The maximum absolute atomic E-state index is 13.4. The molecule has 4 rings (SSSR count). The number of piperidine rings is 1. The SMILES string of the molecule is Cc1ccc(S(=O)(=O)N2CCCC(C(=O)N3CCCc4cc(S(C)(=O)=O)ccc43)C2)s1. The molecule has 1 unspecified atom stereocenters. The topological polar surface area (TPSA) is 91.8 Å². The number of amides is 1. The number of anilines is 1. The van der Waals surface area contributed by atoms with Crippen LogP contribution < -0.4 is 4.90 Å². The van der Waals surface area contributed by atoms with Crippen molar-refractivity contribution in [2.45, 2.75) is 41.7 Å². The second-order valence-corrected chi connectivity index (χ2v) is 13.7. The number of sulfonamides is 1. The zero-order valence-corrected chi connectivity index (χ0v) is 20.0. The highest BCUT2D eigenvalue weighted by Crippen LogP contribution is 2.33. The molecule has 31 heavy (non-hydrogen) atoms. The second-order valence-electron chi connectivity index (χ2n) is 8.22. The largest absolute Gasteiger partial charge is 0.312 e. The van der Waals surface area contributed by atoms with Gasteiger partial charge in [-0.3, -0.25) is 4.79 Å². The summed E-state index contributed by atoms with van der Waals surface area (Å²) < 4.78 is 51.6. The molecule has 1 fully saturated rings. The summed E-state index contributed by atoms with van der Waals surface area (Å²) in [6.07, 6.45) is 3.91. The molecule has 1 aromatic carbocycles. The Kier molecular flexibility index (Phi) is 6.01. The van der Waals surface area contributed by atoms with Crippen molar-refractivity contribution in [2.24, 2.45) is 5.92 Å². The third kappa shape index (κ3) is 4.44. The van der Waals surface area contributed by atoms with Gasteiger partial charge >= 0.3 is 0 Å². The molecular formula is C21H26N2O5S3. The molecule has 1 amide bonds. The zero-order valence-electron chi connectivity index (χ0n) is 17.6. The highest BCUT2D eigenvalue weighted by Gasteiger charge is 2.37. The van der Waals surface area contributed by atoms with E-state index in [1.807, 2.05) is 6.92 Å². The van der Waals surface area contributed by atoms with Crippen LogP contribution in [0, 0.1) is 12.8 Å². The number of thiophene rings is 1. The average Bonchev–Trinajstić information content (AvgIpc) is 3.19. The van der Waals surface area contributed by atoms with Crippen LogP contribution in [0.3, 0.4) is 0 Å². The lowest BCUT2D eigenvalue weighted by Crippen LogP contribution is -2.47. The fourth-order valence-electron chi connectivity index (χ4n) is 4.29. The summed E-state index contributed by atoms with van der Waals surface area (Å²) in [5.74, 6) is -0.500. The number of sulfone groups is 1. The van der Waals surface area contributed by atoms with E-state index in [4.69, 9.17) is 0 Å². The molecule has 10 heteroatoms. The summed E-state index contributed by atoms with van der Waals surface area (Å²) in [6, 6.07) is 8.31. The maximum Gasteiger partial charge on any atom is 0.252 e. The molecule has 0 aliphatic carbocycles. The Morgan fingerprint density at radius 2 is 1.84 bits per heavy atom. The Hall–Kier alpha value is -1.75. The smallest absolute Gasteiger partial charge is 0.252 e. The minimum absolute atomic E-state index is 0.0877. The van der Waals surface area contributed by atoms with Gasteiger partial charge in [-0.2, -0.15) is 4.31 Å². The van der Waals surface area contributed by atoms with E-state index in [2.05, 4.69) is 0 Å². The monoisotopic (exact) mass is 482 g/mol. The van der Waals surface area contributed by atoms with Gasteiger partial charge in [0.2, 0.25) is 5.91 Å². The third-order valence-corrected chi connectivity index (χ3v) is 10.4. The first kappa shape index (κ1) is 22.4. The second kappa shape index (κ2) is 8.31. The van der Waals surface area contributed by atoms with Crippen LogP contribution >= 0.6 is 11.3 Å². The Balaban J connectivity index is 1.57. The van der Waals surface area contributed by atoms with Gasteiger partial charge in [-0.25, -0.2) is 16.8 Å². The van der Waals surface area contributed by atoms with Crippen molar-refractivity contribution in [1.29, 1.82) is 0 Å². The summed E-state index contributed by atoms with van der Waals surface area (Å²) in [5, 5.41) is 0. The van der Waals surface area contributed by atoms with Crippen LogP contribution in [0.4, 0.5) is 5.69 Å². The van der Waals surface area contributed by atoms with Crippen LogP contribution in [-0.2, 0) is 31.1 Å². The van der Waals surface area contributed by atoms with E-state index in [1.165, 1.54) is 28.0 Å². The Morgan fingerprint density at radius 3 is 2.52 bits per heavy atom. The minimum Gasteiger partial charge on any atom is -0.312 e. The van der Waals surface area contributed by atoms with Crippen molar-refractivity contribution >= 4 is 42.8 Å². The first-order valence-corrected chi connectivity index (χ1v) is 14.4. The van der Waals surface area contributed by atoms with E-state index in [1.54, 1.807) is 29.2 Å². The van der Waals surface area contributed by atoms with Gasteiger partial charge in [0.05, 0.1) is 10.8 Å². The van der Waals surface area contributed by atoms with E-state index >= 15 is 0 Å². The highest BCUT2D eigenvalue weighted by molar-refractivity contribution is 7.91. The van der Waals surface area contributed by atoms with Crippen LogP contribution in [0.2, 0.25) is 0 Å². The molecular weight excluding hydrogens is 456 g/mol. The van der Waals surface area contributed by atoms with Crippen LogP contribution in [-0.4, -0.2) is 52.9 Å². The highest BCUT2D eigenvalue weighted by atomic mass is 32.2. The Bertz CT molecular complexity index is 1220. The summed E-state index contributed by atoms with van der Waals surface area (Å²) in [6.45, 7) is 3.01. The average molecular weight is 483 g/mol. The summed E-state index contributed by atoms with van der Waals surface area (Å²) in [7, 11) is -6.93. The summed E-state index contributed by atoms with van der Waals surface area (Å²) >= 11 is 1.25. The number of carbonyl (C=O) groups is 1. The third-order valence-electron chi connectivity index (χ3n) is 5.91. The first-order chi connectivity index (χ1) is 14.6. The molecule has 0 saturated carbocycles. The van der Waals surface area contributed by atoms with Gasteiger partial charge in [-0.05, 0) is 68.5 Å². The lowest BCUT2D eigenvalue weighted by atomic mass is 9.95. The standard InChI is InChI=1S/C21H26N2O5S3/c1-15-7-10-20(29-15)31(27,28)22-11-3-6-17(14-22)21(24)23-12-4-5-16-13-18(30(2,25)26)8-9-19(16)23/h7-10,13,17H,3-6,11-12,14H2,1-2H3. The fraction of sp³-hybridized carbons (Fsp3) is 0.476. The molecule has 0 N–H and O–H groups in total. The lowest BCUT2D eigenvalue weighted by Gasteiger charge is -2.36. The zero-order chi connectivity index (χ0) is 22.4. The number of rotatable bonds is 4. The van der Waals surface area contributed by atoms with Crippen molar-refractivity contribution in [3.63, 3.8) is 0 Å². The Morgan fingerprint density at radius 1 is 1.06 bits per heavy atom. The molecule has 7 nitrogen and oxygen atoms in total. The quantitative estimate of drug-likeness (QED) is 0.668. The molecule has 0 radical (unpaired) electrons. The van der Waals surface area contributed by atoms with Crippen molar-refractivity contribution in [3.8, 4) is 0 Å². The predicted octanol–water partition coefficient (Wildman–Crippen LogP) is 2.84. The summed E-state index contributed by atoms with van der Waals surface area (Å²) in [5.41, 5.74) is 1.58. The molecule has 2 aromatic rings. The molecule has 2 aliphatic rings. The van der Waals surface area contributed by atoms with Gasteiger partial charge in [0.25, 0.3) is 10.0 Å². The van der Waals surface area contributed by atoms with Crippen LogP contribution in [0.15, 0.2) is 39.4 Å².